The lowest BCUT2D eigenvalue weighted by Crippen LogP contribution is -2.25. The van der Waals surface area contributed by atoms with Crippen molar-refractivity contribution in [2.24, 2.45) is 5.92 Å². The number of benzene rings is 2. The second kappa shape index (κ2) is 11.7. The van der Waals surface area contributed by atoms with Crippen LogP contribution in [0.15, 0.2) is 36.4 Å². The summed E-state index contributed by atoms with van der Waals surface area (Å²) in [7, 11) is 0. The number of rotatable bonds is 13. The first-order valence-electron chi connectivity index (χ1n) is 12.6. The third-order valence-electron chi connectivity index (χ3n) is 6.51. The molecule has 0 spiro atoms. The third-order valence-corrected chi connectivity index (χ3v) is 7.11. The Morgan fingerprint density at radius 2 is 1.85 bits per heavy atom. The summed E-state index contributed by atoms with van der Waals surface area (Å²) in [5.41, 5.74) is 4.38. The van der Waals surface area contributed by atoms with Crippen LogP contribution in [0.2, 0.25) is 5.02 Å². The standard InChI is InChI=1S/C28H36ClN3O2/c1-20-18-23(19-21(2)27(20)29)34-17-9-8-16-32-25-11-6-5-10-24(25)31-26(32)12-4-3-7-15-30-28(33)22-13-14-22/h5-6,10-11,18-19,22H,3-4,7-9,12-17H2,1-2H3,(H,30,33). The Kier molecular flexibility index (Phi) is 8.49. The molecule has 1 aliphatic carbocycles. The van der Waals surface area contributed by atoms with Crippen LogP contribution in [0.4, 0.5) is 0 Å². The molecule has 1 amide bonds. The van der Waals surface area contributed by atoms with Crippen molar-refractivity contribution in [1.29, 1.82) is 0 Å². The molecule has 0 bridgehead atoms. The lowest BCUT2D eigenvalue weighted by Gasteiger charge is -2.12. The van der Waals surface area contributed by atoms with Crippen LogP contribution in [0.3, 0.4) is 0 Å². The second-order valence-electron chi connectivity index (χ2n) is 9.47. The molecule has 1 aromatic heterocycles. The highest BCUT2D eigenvalue weighted by Crippen LogP contribution is 2.28. The Labute approximate surface area is 207 Å². The van der Waals surface area contributed by atoms with Crippen molar-refractivity contribution in [3.63, 3.8) is 0 Å². The molecule has 3 aromatic rings. The summed E-state index contributed by atoms with van der Waals surface area (Å²) in [6.45, 7) is 6.44. The molecule has 1 saturated carbocycles. The van der Waals surface area contributed by atoms with E-state index in [-0.39, 0.29) is 5.91 Å². The predicted octanol–water partition coefficient (Wildman–Crippen LogP) is 6.40. The van der Waals surface area contributed by atoms with Gasteiger partial charge in [0, 0.05) is 30.5 Å². The van der Waals surface area contributed by atoms with Crippen LogP contribution >= 0.6 is 11.6 Å². The highest BCUT2D eigenvalue weighted by Gasteiger charge is 2.28. The molecule has 1 aliphatic rings. The molecule has 34 heavy (non-hydrogen) atoms. The van der Waals surface area contributed by atoms with Crippen LogP contribution in [0.1, 0.15) is 61.9 Å². The number of carbonyl (C=O) groups excluding carboxylic acids is 1. The number of fused-ring (bicyclic) bond motifs is 1. The molecule has 182 valence electrons. The van der Waals surface area contributed by atoms with Crippen LogP contribution in [0.25, 0.3) is 11.0 Å². The summed E-state index contributed by atoms with van der Waals surface area (Å²) in [6, 6.07) is 12.4. The van der Waals surface area contributed by atoms with Gasteiger partial charge >= 0.3 is 0 Å². The molecule has 2 aromatic carbocycles. The average molecular weight is 482 g/mol. The molecule has 1 N–H and O–H groups in total. The fraction of sp³-hybridized carbons (Fsp3) is 0.500. The van der Waals surface area contributed by atoms with E-state index in [1.807, 2.05) is 26.0 Å². The van der Waals surface area contributed by atoms with Gasteiger partial charge in [0.25, 0.3) is 0 Å². The Morgan fingerprint density at radius 1 is 1.09 bits per heavy atom. The SMILES string of the molecule is Cc1cc(OCCCCn2c(CCCCCNC(=O)C3CC3)nc3ccccc32)cc(C)c1Cl. The van der Waals surface area contributed by atoms with Crippen LogP contribution in [0, 0.1) is 19.8 Å². The van der Waals surface area contributed by atoms with E-state index < -0.39 is 0 Å². The summed E-state index contributed by atoms with van der Waals surface area (Å²) < 4.78 is 8.36. The molecular weight excluding hydrogens is 446 g/mol. The molecule has 0 saturated heterocycles. The van der Waals surface area contributed by atoms with Gasteiger partial charge in [-0.3, -0.25) is 4.79 Å². The third kappa shape index (κ3) is 6.53. The maximum Gasteiger partial charge on any atom is 0.223 e. The van der Waals surface area contributed by atoms with Crippen LogP contribution in [-0.4, -0.2) is 28.6 Å². The minimum Gasteiger partial charge on any atom is -0.494 e. The van der Waals surface area contributed by atoms with E-state index in [0.29, 0.717) is 12.5 Å². The van der Waals surface area contributed by atoms with Crippen LogP contribution in [0.5, 0.6) is 5.75 Å². The van der Waals surface area contributed by atoms with E-state index in [4.69, 9.17) is 21.3 Å². The van der Waals surface area contributed by atoms with E-state index in [9.17, 15) is 4.79 Å². The zero-order chi connectivity index (χ0) is 23.9. The fourth-order valence-corrected chi connectivity index (χ4v) is 4.51. The quantitative estimate of drug-likeness (QED) is 0.287. The van der Waals surface area contributed by atoms with E-state index >= 15 is 0 Å². The summed E-state index contributed by atoms with van der Waals surface area (Å²) in [6.07, 6.45) is 8.32. The smallest absolute Gasteiger partial charge is 0.223 e. The number of aromatic nitrogens is 2. The van der Waals surface area contributed by atoms with Gasteiger partial charge in [-0.25, -0.2) is 4.98 Å². The van der Waals surface area contributed by atoms with Gasteiger partial charge in [-0.05, 0) is 87.8 Å². The maximum absolute atomic E-state index is 11.7. The molecule has 1 fully saturated rings. The number of hydrogen-bond donors (Lipinski definition) is 1. The van der Waals surface area contributed by atoms with Gasteiger partial charge < -0.3 is 14.6 Å². The Balaban J connectivity index is 1.24. The van der Waals surface area contributed by atoms with E-state index in [1.165, 1.54) is 5.52 Å². The number of para-hydroxylation sites is 2. The average Bonchev–Trinajstić information content (AvgIpc) is 3.62. The van der Waals surface area contributed by atoms with Gasteiger partial charge in [-0.1, -0.05) is 30.2 Å². The van der Waals surface area contributed by atoms with Gasteiger partial charge in [-0.2, -0.15) is 0 Å². The number of carbonyl (C=O) groups is 1. The van der Waals surface area contributed by atoms with Crippen LogP contribution < -0.4 is 10.1 Å². The van der Waals surface area contributed by atoms with Gasteiger partial charge in [0.15, 0.2) is 0 Å². The van der Waals surface area contributed by atoms with Crippen molar-refractivity contribution in [3.8, 4) is 5.75 Å². The first-order valence-corrected chi connectivity index (χ1v) is 13.0. The Bertz CT molecular complexity index is 1100. The van der Waals surface area contributed by atoms with Crippen LogP contribution in [-0.2, 0) is 17.8 Å². The molecule has 5 nitrogen and oxygen atoms in total. The number of nitrogens with one attached hydrogen (secondary N) is 1. The van der Waals surface area contributed by atoms with Gasteiger partial charge in [0.2, 0.25) is 5.91 Å². The van der Waals surface area contributed by atoms with Crippen molar-refractivity contribution in [2.45, 2.75) is 71.8 Å². The normalized spacial score (nSPS) is 13.4. The van der Waals surface area contributed by atoms with E-state index in [2.05, 4.69) is 34.1 Å². The molecule has 0 aliphatic heterocycles. The Morgan fingerprint density at radius 3 is 2.62 bits per heavy atom. The van der Waals surface area contributed by atoms with Crippen molar-refractivity contribution >= 4 is 28.5 Å². The molecule has 6 heteroatoms. The molecule has 0 unspecified atom stereocenters. The first-order chi connectivity index (χ1) is 16.5. The van der Waals surface area contributed by atoms with E-state index in [1.54, 1.807) is 0 Å². The number of halogens is 1. The summed E-state index contributed by atoms with van der Waals surface area (Å²) in [4.78, 5) is 16.6. The van der Waals surface area contributed by atoms with Gasteiger partial charge in [0.05, 0.1) is 17.6 Å². The Hall–Kier alpha value is -2.53. The van der Waals surface area contributed by atoms with Gasteiger partial charge in [-0.15, -0.1) is 0 Å². The largest absolute Gasteiger partial charge is 0.494 e. The predicted molar refractivity (Wildman–Crippen MR) is 139 cm³/mol. The molecule has 1 heterocycles. The molecule has 0 atom stereocenters. The summed E-state index contributed by atoms with van der Waals surface area (Å²) in [5.74, 6) is 2.59. The molecular formula is C28H36ClN3O2. The lowest BCUT2D eigenvalue weighted by molar-refractivity contribution is -0.122. The number of hydrogen-bond acceptors (Lipinski definition) is 3. The van der Waals surface area contributed by atoms with E-state index in [0.717, 1.165) is 97.7 Å². The first kappa shape index (κ1) is 24.6. The zero-order valence-corrected chi connectivity index (χ0v) is 21.2. The van der Waals surface area contributed by atoms with Gasteiger partial charge in [0.1, 0.15) is 11.6 Å². The fourth-order valence-electron chi connectivity index (χ4n) is 4.40. The minimum atomic E-state index is 0.243. The van der Waals surface area contributed by atoms with Crippen molar-refractivity contribution in [2.75, 3.05) is 13.2 Å². The van der Waals surface area contributed by atoms with Crippen molar-refractivity contribution in [3.05, 3.63) is 58.4 Å². The summed E-state index contributed by atoms with van der Waals surface area (Å²) >= 11 is 6.26. The summed E-state index contributed by atoms with van der Waals surface area (Å²) in [5, 5.41) is 3.87. The number of unbranched alkanes of at least 4 members (excludes halogenated alkanes) is 3. The molecule has 0 radical (unpaired) electrons. The highest BCUT2D eigenvalue weighted by atomic mass is 35.5. The number of nitrogens with zero attached hydrogens (tertiary/aromatic N) is 2. The lowest BCUT2D eigenvalue weighted by atomic mass is 10.1. The second-order valence-corrected chi connectivity index (χ2v) is 9.85. The highest BCUT2D eigenvalue weighted by molar-refractivity contribution is 6.32. The topological polar surface area (TPSA) is 56.1 Å². The van der Waals surface area contributed by atoms with Crippen molar-refractivity contribution in [1.82, 2.24) is 14.9 Å². The maximum atomic E-state index is 11.7. The number of ether oxygens (including phenoxy) is 1. The number of imidazole rings is 1. The van der Waals surface area contributed by atoms with Crippen molar-refractivity contribution < 1.29 is 9.53 Å². The number of aryl methyl sites for hydroxylation is 4. The molecule has 4 rings (SSSR count). The minimum absolute atomic E-state index is 0.243. The zero-order valence-electron chi connectivity index (χ0n) is 20.4. The monoisotopic (exact) mass is 481 g/mol. The number of amides is 1.